The van der Waals surface area contributed by atoms with Gasteiger partial charge in [-0.1, -0.05) is 29.5 Å². The number of ether oxygens (including phenoxy) is 2. The normalized spacial score (nSPS) is 13.1. The van der Waals surface area contributed by atoms with Crippen LogP contribution in [0.1, 0.15) is 10.4 Å². The molecule has 1 N–H and O–H groups in total. The lowest BCUT2D eigenvalue weighted by molar-refractivity contribution is 0.101. The second-order valence-corrected chi connectivity index (χ2v) is 5.80. The molecule has 1 amide bonds. The zero-order valence-corrected chi connectivity index (χ0v) is 12.4. The fourth-order valence-corrected chi connectivity index (χ4v) is 3.20. The molecule has 1 aliphatic heterocycles. The van der Waals surface area contributed by atoms with Gasteiger partial charge in [-0.25, -0.2) is 4.98 Å². The molecule has 5 nitrogen and oxygen atoms in total. The van der Waals surface area contributed by atoms with Crippen molar-refractivity contribution in [2.24, 2.45) is 0 Å². The number of benzene rings is 2. The Morgan fingerprint density at radius 1 is 1.09 bits per heavy atom. The van der Waals surface area contributed by atoms with E-state index >= 15 is 0 Å². The lowest BCUT2D eigenvalue weighted by atomic mass is 10.1. The number of amides is 1. The number of nitrogens with one attached hydrogen (secondary N) is 1. The van der Waals surface area contributed by atoms with Crippen molar-refractivity contribution in [1.82, 2.24) is 4.98 Å². The lowest BCUT2D eigenvalue weighted by Gasteiger charge is -2.20. The Morgan fingerprint density at radius 3 is 2.86 bits per heavy atom. The monoisotopic (exact) mass is 312 g/mol. The number of rotatable bonds is 2. The van der Waals surface area contributed by atoms with Crippen LogP contribution >= 0.6 is 11.3 Å². The summed E-state index contributed by atoms with van der Waals surface area (Å²) in [7, 11) is 0. The number of hydrogen-bond acceptors (Lipinski definition) is 5. The molecule has 22 heavy (non-hydrogen) atoms. The van der Waals surface area contributed by atoms with Gasteiger partial charge in [-0.05, 0) is 24.3 Å². The highest BCUT2D eigenvalue weighted by molar-refractivity contribution is 7.22. The van der Waals surface area contributed by atoms with Gasteiger partial charge >= 0.3 is 0 Å². The quantitative estimate of drug-likeness (QED) is 0.788. The van der Waals surface area contributed by atoms with Crippen LogP contribution < -0.4 is 14.8 Å². The van der Waals surface area contributed by atoms with E-state index in [1.165, 1.54) is 11.3 Å². The third kappa shape index (κ3) is 2.27. The minimum Gasteiger partial charge on any atom is -0.486 e. The van der Waals surface area contributed by atoms with E-state index in [0.29, 0.717) is 35.4 Å². The van der Waals surface area contributed by atoms with E-state index < -0.39 is 0 Å². The van der Waals surface area contributed by atoms with Gasteiger partial charge in [0.05, 0.1) is 15.8 Å². The van der Waals surface area contributed by atoms with E-state index in [1.807, 2.05) is 24.3 Å². The molecule has 3 aromatic rings. The van der Waals surface area contributed by atoms with Crippen molar-refractivity contribution in [3.63, 3.8) is 0 Å². The maximum atomic E-state index is 12.5. The summed E-state index contributed by atoms with van der Waals surface area (Å²) >= 11 is 1.44. The van der Waals surface area contributed by atoms with Crippen LogP contribution in [-0.2, 0) is 0 Å². The molecule has 0 bridgehead atoms. The van der Waals surface area contributed by atoms with Crippen LogP contribution in [0.4, 0.5) is 5.13 Å². The first-order valence-electron chi connectivity index (χ1n) is 6.87. The number of hydrogen-bond donors (Lipinski definition) is 1. The Bertz CT molecular complexity index is 826. The number of nitrogens with zero attached hydrogens (tertiary/aromatic N) is 1. The van der Waals surface area contributed by atoms with Crippen molar-refractivity contribution in [3.8, 4) is 11.5 Å². The van der Waals surface area contributed by atoms with E-state index in [0.717, 1.165) is 10.2 Å². The summed E-state index contributed by atoms with van der Waals surface area (Å²) in [5.41, 5.74) is 1.33. The van der Waals surface area contributed by atoms with Gasteiger partial charge in [0.1, 0.15) is 13.2 Å². The van der Waals surface area contributed by atoms with Gasteiger partial charge in [-0.15, -0.1) is 0 Å². The van der Waals surface area contributed by atoms with Gasteiger partial charge in [-0.3, -0.25) is 10.1 Å². The lowest BCUT2D eigenvalue weighted by Crippen LogP contribution is -2.20. The molecule has 6 heteroatoms. The molecule has 0 saturated carbocycles. The summed E-state index contributed by atoms with van der Waals surface area (Å²) in [6, 6.07) is 13.1. The molecule has 110 valence electrons. The number of aromatic nitrogens is 1. The molecular weight excluding hydrogens is 300 g/mol. The van der Waals surface area contributed by atoms with E-state index in [2.05, 4.69) is 10.3 Å². The molecule has 0 aliphatic carbocycles. The molecule has 0 unspecified atom stereocenters. The third-order valence-corrected chi connectivity index (χ3v) is 4.28. The fraction of sp³-hybridized carbons (Fsp3) is 0.125. The highest BCUT2D eigenvalue weighted by Gasteiger charge is 2.21. The first-order chi connectivity index (χ1) is 10.8. The third-order valence-electron chi connectivity index (χ3n) is 3.33. The Kier molecular flexibility index (Phi) is 3.16. The highest BCUT2D eigenvalue weighted by atomic mass is 32.1. The van der Waals surface area contributed by atoms with E-state index in [4.69, 9.17) is 9.47 Å². The molecule has 1 aliphatic rings. The summed E-state index contributed by atoms with van der Waals surface area (Å²) in [5, 5.41) is 3.40. The standard InChI is InChI=1S/C16H12N2O3S/c19-15(10-4-3-6-12-14(10)21-9-8-20-12)18-16-17-11-5-1-2-7-13(11)22-16/h1-7H,8-9H2,(H,17,18,19). The molecule has 2 heterocycles. The Balaban J connectivity index is 1.65. The molecule has 4 rings (SSSR count). The maximum absolute atomic E-state index is 12.5. The second kappa shape index (κ2) is 5.31. The average Bonchev–Trinajstić information content (AvgIpc) is 2.96. The van der Waals surface area contributed by atoms with Gasteiger partial charge in [0, 0.05) is 0 Å². The summed E-state index contributed by atoms with van der Waals surface area (Å²) < 4.78 is 12.1. The molecule has 0 spiro atoms. The first kappa shape index (κ1) is 13.1. The Morgan fingerprint density at radius 2 is 1.95 bits per heavy atom. The molecule has 0 radical (unpaired) electrons. The summed E-state index contributed by atoms with van der Waals surface area (Å²) in [4.78, 5) is 16.9. The van der Waals surface area contributed by atoms with Crippen LogP contribution in [0.5, 0.6) is 11.5 Å². The van der Waals surface area contributed by atoms with Crippen LogP contribution in [0, 0.1) is 0 Å². The van der Waals surface area contributed by atoms with Gasteiger partial charge < -0.3 is 9.47 Å². The van der Waals surface area contributed by atoms with Crippen LogP contribution in [0.15, 0.2) is 42.5 Å². The Hall–Kier alpha value is -2.60. The van der Waals surface area contributed by atoms with Crippen molar-refractivity contribution in [3.05, 3.63) is 48.0 Å². The van der Waals surface area contributed by atoms with Crippen molar-refractivity contribution in [2.75, 3.05) is 18.5 Å². The fourth-order valence-electron chi connectivity index (χ4n) is 2.34. The smallest absolute Gasteiger partial charge is 0.261 e. The number of carbonyl (C=O) groups is 1. The average molecular weight is 312 g/mol. The van der Waals surface area contributed by atoms with Crippen molar-refractivity contribution in [1.29, 1.82) is 0 Å². The van der Waals surface area contributed by atoms with Gasteiger partial charge in [0.15, 0.2) is 16.6 Å². The van der Waals surface area contributed by atoms with E-state index in [-0.39, 0.29) is 5.91 Å². The highest BCUT2D eigenvalue weighted by Crippen LogP contribution is 2.34. The summed E-state index contributed by atoms with van der Waals surface area (Å²) in [5.74, 6) is 0.844. The second-order valence-electron chi connectivity index (χ2n) is 4.77. The van der Waals surface area contributed by atoms with E-state index in [1.54, 1.807) is 18.2 Å². The van der Waals surface area contributed by atoms with Crippen molar-refractivity contribution >= 4 is 32.6 Å². The largest absolute Gasteiger partial charge is 0.486 e. The number of anilines is 1. The topological polar surface area (TPSA) is 60.5 Å². The molecule has 0 fully saturated rings. The molecule has 2 aromatic carbocycles. The van der Waals surface area contributed by atoms with E-state index in [9.17, 15) is 4.79 Å². The molecule has 1 aromatic heterocycles. The number of thiazole rings is 1. The summed E-state index contributed by atoms with van der Waals surface area (Å²) in [6.45, 7) is 0.939. The summed E-state index contributed by atoms with van der Waals surface area (Å²) in [6.07, 6.45) is 0. The van der Waals surface area contributed by atoms with Crippen LogP contribution in [0.3, 0.4) is 0 Å². The predicted molar refractivity (Wildman–Crippen MR) is 85.0 cm³/mol. The molecule has 0 saturated heterocycles. The van der Waals surface area contributed by atoms with Crippen molar-refractivity contribution in [2.45, 2.75) is 0 Å². The van der Waals surface area contributed by atoms with Crippen LogP contribution in [0.2, 0.25) is 0 Å². The minimum atomic E-state index is -0.249. The number of para-hydroxylation sites is 2. The van der Waals surface area contributed by atoms with Crippen molar-refractivity contribution < 1.29 is 14.3 Å². The number of fused-ring (bicyclic) bond motifs is 2. The van der Waals surface area contributed by atoms with Crippen LogP contribution in [-0.4, -0.2) is 24.1 Å². The number of carbonyl (C=O) groups excluding carboxylic acids is 1. The molecule has 0 atom stereocenters. The van der Waals surface area contributed by atoms with Crippen LogP contribution in [0.25, 0.3) is 10.2 Å². The van der Waals surface area contributed by atoms with Gasteiger partial charge in [-0.2, -0.15) is 0 Å². The minimum absolute atomic E-state index is 0.249. The first-order valence-corrected chi connectivity index (χ1v) is 7.68. The zero-order valence-electron chi connectivity index (χ0n) is 11.5. The zero-order chi connectivity index (χ0) is 14.9. The SMILES string of the molecule is O=C(Nc1nc2ccccc2s1)c1cccc2c1OCCO2. The van der Waals surface area contributed by atoms with Gasteiger partial charge in [0.2, 0.25) is 0 Å². The Labute approximate surface area is 130 Å². The maximum Gasteiger partial charge on any atom is 0.261 e. The predicted octanol–water partition coefficient (Wildman–Crippen LogP) is 3.32. The van der Waals surface area contributed by atoms with Gasteiger partial charge in [0.25, 0.3) is 5.91 Å². The molecular formula is C16H12N2O3S.